The van der Waals surface area contributed by atoms with E-state index < -0.39 is 0 Å². The smallest absolute Gasteiger partial charge is 0.0159 e. The SMILES string of the molecule is CC1(C)c2ccccc2-c2ccc(-c3cc(-c4cc(-c5ccccc5)cc(-c5ccccc5)c4)cc(C4CCCCCCCCCCC4)c3)cc21. The topological polar surface area (TPSA) is 0 Å². The molecule has 0 spiro atoms. The molecule has 0 saturated heterocycles. The normalized spacial score (nSPS) is 16.4. The standard InChI is InChI=1S/C51H52/c1-51(2)49-27-19-18-26-47(49)48-29-28-40(36-50(48)51)44-31-43(37-20-12-8-6-4-3-5-7-9-13-21-37)34-46(35-44)45-32-41(38-22-14-10-15-23-38)30-42(33-45)39-24-16-11-17-25-39/h10-11,14-19,22-37H,3-9,12-13,20-21H2,1-2H3. The molecule has 0 bridgehead atoms. The molecule has 0 unspecified atom stereocenters. The van der Waals surface area contributed by atoms with Gasteiger partial charge < -0.3 is 0 Å². The molecular formula is C51H52. The van der Waals surface area contributed by atoms with Gasteiger partial charge in [-0.2, -0.15) is 0 Å². The predicted octanol–water partition coefficient (Wildman–Crippen LogP) is 15.0. The van der Waals surface area contributed by atoms with Crippen LogP contribution in [0.2, 0.25) is 0 Å². The quantitative estimate of drug-likeness (QED) is 0.172. The molecule has 0 aliphatic heterocycles. The van der Waals surface area contributed by atoms with Crippen LogP contribution in [0.5, 0.6) is 0 Å². The second kappa shape index (κ2) is 14.9. The lowest BCUT2D eigenvalue weighted by Crippen LogP contribution is -2.14. The first-order valence-corrected chi connectivity index (χ1v) is 19.7. The van der Waals surface area contributed by atoms with E-state index in [1.807, 2.05) is 0 Å². The van der Waals surface area contributed by atoms with Crippen LogP contribution in [0.3, 0.4) is 0 Å². The van der Waals surface area contributed by atoms with Crippen molar-refractivity contribution in [2.45, 2.75) is 95.8 Å². The third kappa shape index (κ3) is 7.12. The molecular weight excluding hydrogens is 613 g/mol. The van der Waals surface area contributed by atoms with Crippen molar-refractivity contribution in [3.05, 3.63) is 156 Å². The third-order valence-corrected chi connectivity index (χ3v) is 11.9. The number of benzene rings is 6. The minimum atomic E-state index is -0.0233. The molecule has 0 aromatic heterocycles. The maximum Gasteiger partial charge on any atom is 0.0159 e. The Hall–Kier alpha value is -4.68. The highest BCUT2D eigenvalue weighted by Gasteiger charge is 2.35. The molecule has 6 aromatic carbocycles. The summed E-state index contributed by atoms with van der Waals surface area (Å²) < 4.78 is 0. The van der Waals surface area contributed by atoms with Gasteiger partial charge >= 0.3 is 0 Å². The summed E-state index contributed by atoms with van der Waals surface area (Å²) in [6, 6.07) is 52.9. The Morgan fingerprint density at radius 1 is 0.353 bits per heavy atom. The first-order valence-electron chi connectivity index (χ1n) is 19.7. The lowest BCUT2D eigenvalue weighted by molar-refractivity contribution is 0.467. The van der Waals surface area contributed by atoms with Crippen LogP contribution in [0.1, 0.15) is 107 Å². The minimum absolute atomic E-state index is 0.0233. The average Bonchev–Trinajstić information content (AvgIpc) is 3.41. The van der Waals surface area contributed by atoms with E-state index in [9.17, 15) is 0 Å². The number of hydrogen-bond acceptors (Lipinski definition) is 0. The maximum atomic E-state index is 2.57. The van der Waals surface area contributed by atoms with Gasteiger partial charge in [0.2, 0.25) is 0 Å². The monoisotopic (exact) mass is 664 g/mol. The zero-order chi connectivity index (χ0) is 34.6. The summed E-state index contributed by atoms with van der Waals surface area (Å²) in [6.07, 6.45) is 15.0. The van der Waals surface area contributed by atoms with Crippen molar-refractivity contribution < 1.29 is 0 Å². The zero-order valence-corrected chi connectivity index (χ0v) is 30.6. The van der Waals surface area contributed by atoms with Crippen LogP contribution in [-0.4, -0.2) is 0 Å². The van der Waals surface area contributed by atoms with E-state index in [0.717, 1.165) is 0 Å². The van der Waals surface area contributed by atoms with Gasteiger partial charge in [-0.05, 0) is 121 Å². The van der Waals surface area contributed by atoms with E-state index >= 15 is 0 Å². The second-order valence-electron chi connectivity index (χ2n) is 15.8. The maximum absolute atomic E-state index is 2.57. The van der Waals surface area contributed by atoms with Crippen LogP contribution in [0.15, 0.2) is 140 Å². The molecule has 1 saturated carbocycles. The Bertz CT molecular complexity index is 2030. The highest BCUT2D eigenvalue weighted by molar-refractivity contribution is 5.86. The Balaban J connectivity index is 1.28. The molecule has 0 heteroatoms. The Kier molecular flexibility index (Phi) is 9.77. The summed E-state index contributed by atoms with van der Waals surface area (Å²) >= 11 is 0. The van der Waals surface area contributed by atoms with E-state index in [-0.39, 0.29) is 5.41 Å². The molecule has 2 aliphatic carbocycles. The largest absolute Gasteiger partial charge is 0.0622 e. The third-order valence-electron chi connectivity index (χ3n) is 11.9. The second-order valence-corrected chi connectivity index (χ2v) is 15.8. The van der Waals surface area contributed by atoms with Crippen molar-refractivity contribution in [2.75, 3.05) is 0 Å². The van der Waals surface area contributed by atoms with E-state index in [0.29, 0.717) is 5.92 Å². The molecule has 6 aromatic rings. The van der Waals surface area contributed by atoms with Crippen LogP contribution < -0.4 is 0 Å². The molecule has 0 radical (unpaired) electrons. The predicted molar refractivity (Wildman–Crippen MR) is 219 cm³/mol. The van der Waals surface area contributed by atoms with Crippen LogP contribution in [0.25, 0.3) is 55.6 Å². The van der Waals surface area contributed by atoms with Crippen molar-refractivity contribution in [1.82, 2.24) is 0 Å². The van der Waals surface area contributed by atoms with Gasteiger partial charge in [-0.25, -0.2) is 0 Å². The first kappa shape index (κ1) is 33.5. The summed E-state index contributed by atoms with van der Waals surface area (Å²) in [7, 11) is 0. The number of rotatable bonds is 5. The van der Waals surface area contributed by atoms with Gasteiger partial charge in [0.15, 0.2) is 0 Å². The van der Waals surface area contributed by atoms with E-state index in [1.54, 1.807) is 0 Å². The highest BCUT2D eigenvalue weighted by Crippen LogP contribution is 2.50. The van der Waals surface area contributed by atoms with Gasteiger partial charge in [0.25, 0.3) is 0 Å². The van der Waals surface area contributed by atoms with Crippen LogP contribution >= 0.6 is 0 Å². The van der Waals surface area contributed by atoms with E-state index in [1.165, 1.54) is 143 Å². The lowest BCUT2D eigenvalue weighted by atomic mass is 9.81. The fourth-order valence-corrected chi connectivity index (χ4v) is 8.99. The van der Waals surface area contributed by atoms with Gasteiger partial charge in [-0.15, -0.1) is 0 Å². The van der Waals surface area contributed by atoms with Gasteiger partial charge in [-0.3, -0.25) is 0 Å². The summed E-state index contributed by atoms with van der Waals surface area (Å²) in [4.78, 5) is 0. The summed E-state index contributed by atoms with van der Waals surface area (Å²) in [5, 5.41) is 0. The molecule has 51 heavy (non-hydrogen) atoms. The molecule has 0 heterocycles. The fourth-order valence-electron chi connectivity index (χ4n) is 8.99. The van der Waals surface area contributed by atoms with Gasteiger partial charge in [-0.1, -0.05) is 181 Å². The Morgan fingerprint density at radius 3 is 1.35 bits per heavy atom. The van der Waals surface area contributed by atoms with E-state index in [4.69, 9.17) is 0 Å². The fraction of sp³-hybridized carbons (Fsp3) is 0.294. The molecule has 0 nitrogen and oxygen atoms in total. The Labute approximate surface area is 306 Å². The van der Waals surface area contributed by atoms with Gasteiger partial charge in [0.1, 0.15) is 0 Å². The van der Waals surface area contributed by atoms with Crippen molar-refractivity contribution in [1.29, 1.82) is 0 Å². The van der Waals surface area contributed by atoms with Gasteiger partial charge in [0.05, 0.1) is 0 Å². The zero-order valence-electron chi connectivity index (χ0n) is 30.6. The lowest BCUT2D eigenvalue weighted by Gasteiger charge is -2.23. The van der Waals surface area contributed by atoms with Crippen molar-refractivity contribution in [2.24, 2.45) is 0 Å². The molecule has 0 amide bonds. The summed E-state index contributed by atoms with van der Waals surface area (Å²) in [5.74, 6) is 0.587. The molecule has 256 valence electrons. The van der Waals surface area contributed by atoms with Crippen LogP contribution in [0, 0.1) is 0 Å². The number of fused-ring (bicyclic) bond motifs is 3. The Morgan fingerprint density at radius 2 is 0.784 bits per heavy atom. The molecule has 1 fully saturated rings. The van der Waals surface area contributed by atoms with Crippen LogP contribution in [-0.2, 0) is 5.41 Å². The van der Waals surface area contributed by atoms with Crippen LogP contribution in [0.4, 0.5) is 0 Å². The molecule has 8 rings (SSSR count). The first-order chi connectivity index (χ1) is 25.0. The summed E-state index contributed by atoms with van der Waals surface area (Å²) in [6.45, 7) is 4.79. The van der Waals surface area contributed by atoms with Crippen molar-refractivity contribution in [3.63, 3.8) is 0 Å². The summed E-state index contributed by atoms with van der Waals surface area (Å²) in [5.41, 5.74) is 17.5. The van der Waals surface area contributed by atoms with Crippen molar-refractivity contribution in [3.8, 4) is 55.6 Å². The average molecular weight is 665 g/mol. The minimum Gasteiger partial charge on any atom is -0.0622 e. The molecule has 0 atom stereocenters. The molecule has 2 aliphatic rings. The molecule has 0 N–H and O–H groups in total. The van der Waals surface area contributed by atoms with E-state index in [2.05, 4.69) is 153 Å². The van der Waals surface area contributed by atoms with Gasteiger partial charge in [0, 0.05) is 5.41 Å². The number of hydrogen-bond donors (Lipinski definition) is 0. The highest BCUT2D eigenvalue weighted by atomic mass is 14.4. The van der Waals surface area contributed by atoms with Crippen molar-refractivity contribution >= 4 is 0 Å².